The maximum atomic E-state index is 11.3. The van der Waals surface area contributed by atoms with Gasteiger partial charge in [0.15, 0.2) is 11.1 Å². The highest BCUT2D eigenvalue weighted by molar-refractivity contribution is 14.1. The van der Waals surface area contributed by atoms with Gasteiger partial charge < -0.3 is 9.39 Å². The van der Waals surface area contributed by atoms with Crippen LogP contribution in [0.3, 0.4) is 0 Å². The van der Waals surface area contributed by atoms with E-state index < -0.39 is 17.0 Å². The zero-order valence-corrected chi connectivity index (χ0v) is 10.6. The minimum atomic E-state index is -2.30. The van der Waals surface area contributed by atoms with E-state index >= 15 is 0 Å². The molecule has 1 rings (SSSR count). The first-order valence-electron chi connectivity index (χ1n) is 3.87. The monoisotopic (exact) mass is 355 g/mol. The summed E-state index contributed by atoms with van der Waals surface area (Å²) < 4.78 is 20.6. The van der Waals surface area contributed by atoms with Crippen LogP contribution in [0.5, 0.6) is 0 Å². The summed E-state index contributed by atoms with van der Waals surface area (Å²) in [7, 11) is 0. The average Bonchev–Trinajstić information content (AvgIpc) is 2.25. The highest BCUT2D eigenvalue weighted by atomic mass is 127. The van der Waals surface area contributed by atoms with E-state index in [0.29, 0.717) is 3.57 Å². The van der Waals surface area contributed by atoms with Crippen molar-refractivity contribution in [3.8, 4) is 0 Å². The van der Waals surface area contributed by atoms with Gasteiger partial charge in [0, 0.05) is 3.57 Å². The molecular formula is C8H6INO5S. The van der Waals surface area contributed by atoms with Gasteiger partial charge in [-0.15, -0.1) is 0 Å². The molecule has 0 radical (unpaired) electrons. The smallest absolute Gasteiger partial charge is 0.336 e. The minimum absolute atomic E-state index is 0.0652. The van der Waals surface area contributed by atoms with Crippen LogP contribution in [0.15, 0.2) is 23.1 Å². The van der Waals surface area contributed by atoms with Crippen LogP contribution < -0.4 is 5.48 Å². The number of amides is 1. The number of hydrogen-bond donors (Lipinski definition) is 2. The number of rotatable bonds is 4. The summed E-state index contributed by atoms with van der Waals surface area (Å²) in [5.41, 5.74) is 1.64. The van der Waals surface area contributed by atoms with Crippen LogP contribution in [0.1, 0.15) is 10.4 Å². The molecule has 0 fully saturated rings. The predicted octanol–water partition coefficient (Wildman–Crippen LogP) is 0.690. The molecule has 0 heterocycles. The van der Waals surface area contributed by atoms with Crippen molar-refractivity contribution in [2.24, 2.45) is 0 Å². The molecule has 1 atom stereocenters. The Morgan fingerprint density at radius 1 is 1.56 bits per heavy atom. The molecule has 16 heavy (non-hydrogen) atoms. The van der Waals surface area contributed by atoms with Crippen molar-refractivity contribution in [2.75, 3.05) is 0 Å². The Labute approximate surface area is 107 Å². The summed E-state index contributed by atoms with van der Waals surface area (Å²) in [5, 5.41) is 0. The summed E-state index contributed by atoms with van der Waals surface area (Å²) in [5.74, 6) is -0.902. The minimum Gasteiger partial charge on any atom is -0.336 e. The molecule has 0 bridgehead atoms. The molecule has 0 aliphatic rings. The lowest BCUT2D eigenvalue weighted by atomic mass is 10.2. The number of hydroxylamine groups is 1. The molecule has 1 aromatic carbocycles. The Morgan fingerprint density at radius 2 is 2.25 bits per heavy atom. The van der Waals surface area contributed by atoms with Crippen molar-refractivity contribution in [2.45, 2.75) is 4.90 Å². The second-order valence-corrected chi connectivity index (χ2v) is 4.70. The van der Waals surface area contributed by atoms with Crippen molar-refractivity contribution < 1.29 is 23.2 Å². The molecule has 1 aromatic rings. The Hall–Kier alpha value is -1.000. The van der Waals surface area contributed by atoms with Gasteiger partial charge in [0.25, 0.3) is 0 Å². The predicted molar refractivity (Wildman–Crippen MR) is 62.8 cm³/mol. The molecule has 0 aliphatic heterocycles. The van der Waals surface area contributed by atoms with Crippen LogP contribution in [0.2, 0.25) is 0 Å². The third-order valence-electron chi connectivity index (χ3n) is 1.55. The lowest BCUT2D eigenvalue weighted by Crippen LogP contribution is -2.19. The maximum Gasteiger partial charge on any atom is 0.364 e. The fourth-order valence-electron chi connectivity index (χ4n) is 0.942. The maximum absolute atomic E-state index is 11.3. The van der Waals surface area contributed by atoms with Crippen LogP contribution in [-0.2, 0) is 20.7 Å². The average molecular weight is 355 g/mol. The molecule has 2 N–H and O–H groups in total. The second-order valence-electron chi connectivity index (χ2n) is 2.51. The molecule has 1 amide bonds. The number of carbonyl (C=O) groups excluding carboxylic acids is 2. The van der Waals surface area contributed by atoms with Crippen LogP contribution in [0.4, 0.5) is 0 Å². The number of carbonyl (C=O) groups is 2. The molecular weight excluding hydrogens is 349 g/mol. The van der Waals surface area contributed by atoms with E-state index in [9.17, 15) is 13.8 Å². The van der Waals surface area contributed by atoms with Crippen LogP contribution in [0, 0.1) is 3.57 Å². The van der Waals surface area contributed by atoms with Gasteiger partial charge in [-0.2, -0.15) is 5.48 Å². The lowest BCUT2D eigenvalue weighted by Gasteiger charge is -2.05. The molecule has 0 spiro atoms. The van der Waals surface area contributed by atoms with E-state index in [1.54, 1.807) is 11.5 Å². The van der Waals surface area contributed by atoms with Gasteiger partial charge in [0.2, 0.25) is 6.41 Å². The number of nitrogens with one attached hydrogen (secondary N) is 1. The Morgan fingerprint density at radius 3 is 2.81 bits per heavy atom. The number of hydrogen-bond acceptors (Lipinski definition) is 4. The Bertz CT molecular complexity index is 450. The van der Waals surface area contributed by atoms with Gasteiger partial charge in [0.05, 0.1) is 10.5 Å². The largest absolute Gasteiger partial charge is 0.364 e. The van der Waals surface area contributed by atoms with Crippen molar-refractivity contribution in [3.63, 3.8) is 0 Å². The van der Waals surface area contributed by atoms with Gasteiger partial charge in [-0.1, -0.05) is 0 Å². The third kappa shape index (κ3) is 3.25. The zero-order valence-electron chi connectivity index (χ0n) is 7.68. The first kappa shape index (κ1) is 13.1. The molecule has 0 saturated heterocycles. The molecule has 86 valence electrons. The summed E-state index contributed by atoms with van der Waals surface area (Å²) in [6.45, 7) is 0. The highest BCUT2D eigenvalue weighted by Crippen LogP contribution is 2.17. The molecule has 0 aromatic heterocycles. The van der Waals surface area contributed by atoms with Gasteiger partial charge in [-0.3, -0.25) is 4.79 Å². The van der Waals surface area contributed by atoms with Gasteiger partial charge in [-0.25, -0.2) is 9.00 Å². The quantitative estimate of drug-likeness (QED) is 0.359. The second kappa shape index (κ2) is 5.92. The summed E-state index contributed by atoms with van der Waals surface area (Å²) in [6.07, 6.45) is 0.181. The molecule has 0 saturated carbocycles. The summed E-state index contributed by atoms with van der Waals surface area (Å²) in [6, 6.07) is 4.31. The van der Waals surface area contributed by atoms with Gasteiger partial charge in [0.1, 0.15) is 0 Å². The molecule has 0 aliphatic carbocycles. The van der Waals surface area contributed by atoms with Gasteiger partial charge >= 0.3 is 5.97 Å². The summed E-state index contributed by atoms with van der Waals surface area (Å²) >= 11 is -0.361. The van der Waals surface area contributed by atoms with Crippen LogP contribution in [-0.4, -0.2) is 21.1 Å². The SMILES string of the molecule is O=CNOC(=O)c1ccc(I)cc1S(=O)O. The molecule has 8 heteroatoms. The van der Waals surface area contributed by atoms with Crippen molar-refractivity contribution in [3.05, 3.63) is 27.3 Å². The van der Waals surface area contributed by atoms with E-state index in [1.807, 2.05) is 22.6 Å². The van der Waals surface area contributed by atoms with Crippen LogP contribution >= 0.6 is 22.6 Å². The summed E-state index contributed by atoms with van der Waals surface area (Å²) in [4.78, 5) is 25.5. The van der Waals surface area contributed by atoms with E-state index in [4.69, 9.17) is 4.55 Å². The lowest BCUT2D eigenvalue weighted by molar-refractivity contribution is -0.117. The molecule has 1 unspecified atom stereocenters. The van der Waals surface area contributed by atoms with E-state index in [0.717, 1.165) is 0 Å². The van der Waals surface area contributed by atoms with Crippen molar-refractivity contribution >= 4 is 46.1 Å². The zero-order chi connectivity index (χ0) is 12.1. The van der Waals surface area contributed by atoms with E-state index in [-0.39, 0.29) is 16.9 Å². The van der Waals surface area contributed by atoms with E-state index in [1.165, 1.54) is 12.1 Å². The first-order chi connectivity index (χ1) is 7.56. The topological polar surface area (TPSA) is 92.7 Å². The Kier molecular flexibility index (Phi) is 4.83. The fraction of sp³-hybridized carbons (Fsp3) is 0. The van der Waals surface area contributed by atoms with Crippen LogP contribution in [0.25, 0.3) is 0 Å². The third-order valence-corrected chi connectivity index (χ3v) is 2.94. The fourth-order valence-corrected chi connectivity index (χ4v) is 2.21. The van der Waals surface area contributed by atoms with Crippen molar-refractivity contribution in [1.29, 1.82) is 0 Å². The number of halogens is 1. The van der Waals surface area contributed by atoms with Crippen molar-refractivity contribution in [1.82, 2.24) is 5.48 Å². The molecule has 6 nitrogen and oxygen atoms in total. The Balaban J connectivity index is 3.07. The first-order valence-corrected chi connectivity index (χ1v) is 6.05. The van der Waals surface area contributed by atoms with Gasteiger partial charge in [-0.05, 0) is 40.8 Å². The highest BCUT2D eigenvalue weighted by Gasteiger charge is 2.17. The normalized spacial score (nSPS) is 11.6. The number of benzene rings is 1. The van der Waals surface area contributed by atoms with E-state index in [2.05, 4.69) is 4.84 Å². The standard InChI is InChI=1S/C8H6INO5S/c9-5-1-2-6(7(3-5)16(13)14)8(12)15-10-4-11/h1-4H,(H,10,11)(H,13,14).